The van der Waals surface area contributed by atoms with Crippen LogP contribution in [0, 0.1) is 5.92 Å². The van der Waals surface area contributed by atoms with E-state index in [1.165, 1.54) is 36.5 Å². The number of sulfonamides is 1. The highest BCUT2D eigenvalue weighted by molar-refractivity contribution is 7.88. The Morgan fingerprint density at radius 2 is 1.90 bits per heavy atom. The number of nitrogens with zero attached hydrogens (tertiary/aromatic N) is 2. The highest BCUT2D eigenvalue weighted by Gasteiger charge is 2.29. The van der Waals surface area contributed by atoms with Crippen molar-refractivity contribution in [2.45, 2.75) is 32.1 Å². The molecule has 2 aliphatic rings. The van der Waals surface area contributed by atoms with Gasteiger partial charge in [-0.2, -0.15) is 0 Å². The molecule has 2 rings (SSSR count). The van der Waals surface area contributed by atoms with E-state index in [0.29, 0.717) is 19.6 Å². The second kappa shape index (κ2) is 7.56. The third kappa shape index (κ3) is 5.23. The van der Waals surface area contributed by atoms with Crippen LogP contribution >= 0.6 is 0 Å². The summed E-state index contributed by atoms with van der Waals surface area (Å²) in [6.07, 6.45) is 6.30. The minimum atomic E-state index is -3.18. The van der Waals surface area contributed by atoms with Crippen molar-refractivity contribution < 1.29 is 13.2 Å². The Kier molecular flexibility index (Phi) is 6.01. The van der Waals surface area contributed by atoms with Gasteiger partial charge in [0.05, 0.1) is 12.2 Å². The maximum Gasteiger partial charge on any atom is 0.224 e. The Balaban J connectivity index is 1.67. The number of likely N-dealkylation sites (tertiary alicyclic amines) is 1. The molecular formula is C14H27N3O3S. The lowest BCUT2D eigenvalue weighted by Crippen LogP contribution is -2.45. The van der Waals surface area contributed by atoms with Crippen molar-refractivity contribution in [1.29, 1.82) is 0 Å². The van der Waals surface area contributed by atoms with Gasteiger partial charge in [0.2, 0.25) is 15.9 Å². The number of rotatable bonds is 6. The first-order valence-electron chi connectivity index (χ1n) is 7.92. The molecule has 122 valence electrons. The second-order valence-corrected chi connectivity index (χ2v) is 8.14. The van der Waals surface area contributed by atoms with E-state index >= 15 is 0 Å². The Morgan fingerprint density at radius 1 is 1.19 bits per heavy atom. The van der Waals surface area contributed by atoms with Crippen LogP contribution in [0.15, 0.2) is 0 Å². The SMILES string of the molecule is CS(=O)(=O)N1CCCC(C(=O)NCCCN2CCCC2)C1. The van der Waals surface area contributed by atoms with Crippen molar-refractivity contribution in [3.05, 3.63) is 0 Å². The molecule has 1 amide bonds. The summed E-state index contributed by atoms with van der Waals surface area (Å²) in [7, 11) is -3.18. The Bertz CT molecular complexity index is 446. The van der Waals surface area contributed by atoms with Crippen LogP contribution in [-0.2, 0) is 14.8 Å². The van der Waals surface area contributed by atoms with E-state index in [2.05, 4.69) is 10.2 Å². The van der Waals surface area contributed by atoms with E-state index in [0.717, 1.165) is 25.8 Å². The van der Waals surface area contributed by atoms with Crippen LogP contribution < -0.4 is 5.32 Å². The fraction of sp³-hybridized carbons (Fsp3) is 0.929. The molecule has 0 saturated carbocycles. The molecule has 0 aliphatic carbocycles. The molecule has 2 saturated heterocycles. The van der Waals surface area contributed by atoms with Crippen LogP contribution in [0.25, 0.3) is 0 Å². The van der Waals surface area contributed by atoms with Gasteiger partial charge in [-0.3, -0.25) is 4.79 Å². The van der Waals surface area contributed by atoms with Gasteiger partial charge >= 0.3 is 0 Å². The van der Waals surface area contributed by atoms with Gasteiger partial charge in [0.15, 0.2) is 0 Å². The summed E-state index contributed by atoms with van der Waals surface area (Å²) < 4.78 is 24.5. The van der Waals surface area contributed by atoms with E-state index in [4.69, 9.17) is 0 Å². The highest BCUT2D eigenvalue weighted by Crippen LogP contribution is 2.18. The summed E-state index contributed by atoms with van der Waals surface area (Å²) in [4.78, 5) is 14.5. The second-order valence-electron chi connectivity index (χ2n) is 6.15. The van der Waals surface area contributed by atoms with Crippen LogP contribution in [0.5, 0.6) is 0 Å². The normalized spacial score (nSPS) is 25.1. The maximum atomic E-state index is 12.1. The molecule has 1 N–H and O–H groups in total. The van der Waals surface area contributed by atoms with Crippen molar-refractivity contribution in [1.82, 2.24) is 14.5 Å². The first kappa shape index (κ1) is 16.7. The molecule has 6 nitrogen and oxygen atoms in total. The summed E-state index contributed by atoms with van der Waals surface area (Å²) >= 11 is 0. The third-order valence-electron chi connectivity index (χ3n) is 4.37. The van der Waals surface area contributed by atoms with Gasteiger partial charge in [-0.25, -0.2) is 12.7 Å². The van der Waals surface area contributed by atoms with Gasteiger partial charge < -0.3 is 10.2 Å². The molecule has 2 aliphatic heterocycles. The zero-order valence-electron chi connectivity index (χ0n) is 12.9. The van der Waals surface area contributed by atoms with Crippen molar-refractivity contribution in [3.8, 4) is 0 Å². The van der Waals surface area contributed by atoms with Crippen molar-refractivity contribution >= 4 is 15.9 Å². The maximum absolute atomic E-state index is 12.1. The molecule has 0 aromatic heterocycles. The largest absolute Gasteiger partial charge is 0.356 e. The molecule has 2 fully saturated rings. The van der Waals surface area contributed by atoms with Crippen LogP contribution in [0.2, 0.25) is 0 Å². The topological polar surface area (TPSA) is 69.7 Å². The van der Waals surface area contributed by atoms with E-state index in [1.807, 2.05) is 0 Å². The third-order valence-corrected chi connectivity index (χ3v) is 5.64. The smallest absolute Gasteiger partial charge is 0.224 e. The lowest BCUT2D eigenvalue weighted by Gasteiger charge is -2.30. The summed E-state index contributed by atoms with van der Waals surface area (Å²) in [5, 5.41) is 2.96. The number of hydrogen-bond donors (Lipinski definition) is 1. The Hall–Kier alpha value is -0.660. The molecule has 0 radical (unpaired) electrons. The van der Waals surface area contributed by atoms with Gasteiger partial charge in [0.25, 0.3) is 0 Å². The van der Waals surface area contributed by atoms with E-state index in [1.54, 1.807) is 0 Å². The Morgan fingerprint density at radius 3 is 2.57 bits per heavy atom. The Labute approximate surface area is 127 Å². The number of piperidine rings is 1. The van der Waals surface area contributed by atoms with Gasteiger partial charge in [0, 0.05) is 19.6 Å². The van der Waals surface area contributed by atoms with Crippen LogP contribution in [-0.4, -0.2) is 69.1 Å². The first-order chi connectivity index (χ1) is 9.97. The number of amides is 1. The average Bonchev–Trinajstić information content (AvgIpc) is 2.96. The molecule has 0 bridgehead atoms. The molecule has 21 heavy (non-hydrogen) atoms. The summed E-state index contributed by atoms with van der Waals surface area (Å²) in [5.41, 5.74) is 0. The fourth-order valence-corrected chi connectivity index (χ4v) is 4.03. The van der Waals surface area contributed by atoms with Crippen molar-refractivity contribution in [3.63, 3.8) is 0 Å². The van der Waals surface area contributed by atoms with Crippen LogP contribution in [0.1, 0.15) is 32.1 Å². The molecule has 1 atom stereocenters. The van der Waals surface area contributed by atoms with Gasteiger partial charge in [-0.05, 0) is 51.7 Å². The zero-order chi connectivity index (χ0) is 15.3. The standard InChI is InChI=1S/C14H27N3O3S/c1-21(19,20)17-11-4-6-13(12-17)14(18)15-7-5-10-16-8-2-3-9-16/h13H,2-12H2,1H3,(H,15,18). The van der Waals surface area contributed by atoms with Gasteiger partial charge in [-0.15, -0.1) is 0 Å². The van der Waals surface area contributed by atoms with Crippen molar-refractivity contribution in [2.75, 3.05) is 45.5 Å². The quantitative estimate of drug-likeness (QED) is 0.714. The zero-order valence-corrected chi connectivity index (χ0v) is 13.7. The minimum absolute atomic E-state index is 0.00442. The number of nitrogens with one attached hydrogen (secondary N) is 1. The molecular weight excluding hydrogens is 290 g/mol. The molecule has 7 heteroatoms. The summed E-state index contributed by atoms with van der Waals surface area (Å²) in [6, 6.07) is 0. The predicted octanol–water partition coefficient (Wildman–Crippen LogP) is 0.260. The van der Waals surface area contributed by atoms with Crippen LogP contribution in [0.3, 0.4) is 0 Å². The fourth-order valence-electron chi connectivity index (χ4n) is 3.12. The molecule has 0 spiro atoms. The first-order valence-corrected chi connectivity index (χ1v) is 9.77. The van der Waals surface area contributed by atoms with E-state index in [9.17, 15) is 13.2 Å². The number of carbonyl (C=O) groups is 1. The van der Waals surface area contributed by atoms with Gasteiger partial charge in [0.1, 0.15) is 0 Å². The number of hydrogen-bond acceptors (Lipinski definition) is 4. The summed E-state index contributed by atoms with van der Waals surface area (Å²) in [6.45, 7) is 4.96. The van der Waals surface area contributed by atoms with E-state index < -0.39 is 10.0 Å². The molecule has 0 aromatic carbocycles. The molecule has 1 unspecified atom stereocenters. The van der Waals surface area contributed by atoms with Crippen molar-refractivity contribution in [2.24, 2.45) is 5.92 Å². The highest BCUT2D eigenvalue weighted by atomic mass is 32.2. The lowest BCUT2D eigenvalue weighted by atomic mass is 9.99. The predicted molar refractivity (Wildman–Crippen MR) is 82.4 cm³/mol. The molecule has 0 aromatic rings. The van der Waals surface area contributed by atoms with E-state index in [-0.39, 0.29) is 11.8 Å². The average molecular weight is 317 g/mol. The van der Waals surface area contributed by atoms with Crippen LogP contribution in [0.4, 0.5) is 0 Å². The lowest BCUT2D eigenvalue weighted by molar-refractivity contribution is -0.126. The monoisotopic (exact) mass is 317 g/mol. The molecule has 2 heterocycles. The van der Waals surface area contributed by atoms with Gasteiger partial charge in [-0.1, -0.05) is 0 Å². The minimum Gasteiger partial charge on any atom is -0.356 e. The number of carbonyl (C=O) groups excluding carboxylic acids is 1. The summed E-state index contributed by atoms with van der Waals surface area (Å²) in [5.74, 6) is -0.190.